The lowest BCUT2D eigenvalue weighted by Gasteiger charge is -2.07. The van der Waals surface area contributed by atoms with Gasteiger partial charge in [-0.05, 0) is 31.5 Å². The molecule has 0 radical (unpaired) electrons. The molecule has 6 heteroatoms. The van der Waals surface area contributed by atoms with E-state index in [0.29, 0.717) is 35.1 Å². The van der Waals surface area contributed by atoms with Gasteiger partial charge in [-0.2, -0.15) is 0 Å². The van der Waals surface area contributed by atoms with Gasteiger partial charge in [0.05, 0.1) is 17.9 Å². The minimum atomic E-state index is -0.443. The molecule has 0 fully saturated rings. The van der Waals surface area contributed by atoms with Crippen LogP contribution in [0.1, 0.15) is 34.4 Å². The highest BCUT2D eigenvalue weighted by molar-refractivity contribution is 6.31. The summed E-state index contributed by atoms with van der Waals surface area (Å²) in [6.45, 7) is 3.74. The van der Waals surface area contributed by atoms with Crippen LogP contribution in [0, 0.1) is 12.7 Å². The van der Waals surface area contributed by atoms with Crippen molar-refractivity contribution in [1.82, 2.24) is 9.97 Å². The number of nitrogens with zero attached hydrogens (tertiary/aromatic N) is 2. The molecule has 0 aliphatic carbocycles. The lowest BCUT2D eigenvalue weighted by molar-refractivity contribution is 0.0524. The van der Waals surface area contributed by atoms with Crippen molar-refractivity contribution in [3.63, 3.8) is 0 Å². The number of benzene rings is 1. The number of halogens is 2. The third kappa shape index (κ3) is 3.76. The van der Waals surface area contributed by atoms with Crippen LogP contribution in [0.3, 0.4) is 0 Å². The molecule has 1 heterocycles. The summed E-state index contributed by atoms with van der Waals surface area (Å²) in [5, 5.41) is 0.325. The molecule has 110 valence electrons. The fourth-order valence-corrected chi connectivity index (χ4v) is 2.08. The van der Waals surface area contributed by atoms with E-state index < -0.39 is 11.8 Å². The average Bonchev–Trinajstić information content (AvgIpc) is 2.42. The molecule has 0 aliphatic heterocycles. The Kier molecular flexibility index (Phi) is 4.85. The number of hydrogen-bond donors (Lipinski definition) is 0. The van der Waals surface area contributed by atoms with Crippen LogP contribution in [0.25, 0.3) is 0 Å². The average molecular weight is 309 g/mol. The van der Waals surface area contributed by atoms with E-state index in [0.717, 1.165) is 5.56 Å². The number of carbonyl (C=O) groups excluding carboxylic acids is 1. The molecule has 1 aromatic carbocycles. The normalized spacial score (nSPS) is 10.5. The zero-order chi connectivity index (χ0) is 15.4. The van der Waals surface area contributed by atoms with Crippen molar-refractivity contribution in [2.24, 2.45) is 0 Å². The van der Waals surface area contributed by atoms with Crippen molar-refractivity contribution in [3.05, 3.63) is 57.9 Å². The molecule has 0 aliphatic rings. The van der Waals surface area contributed by atoms with E-state index in [1.54, 1.807) is 19.9 Å². The topological polar surface area (TPSA) is 52.1 Å². The number of aryl methyl sites for hydroxylation is 1. The van der Waals surface area contributed by atoms with Gasteiger partial charge in [0, 0.05) is 17.6 Å². The number of ether oxygens (including phenoxy) is 1. The van der Waals surface area contributed by atoms with Crippen LogP contribution in [0.15, 0.2) is 24.4 Å². The Labute approximate surface area is 126 Å². The molecule has 21 heavy (non-hydrogen) atoms. The summed E-state index contributed by atoms with van der Waals surface area (Å²) in [5.41, 5.74) is 1.60. The van der Waals surface area contributed by atoms with Crippen molar-refractivity contribution in [2.45, 2.75) is 20.3 Å². The predicted octanol–water partition coefficient (Wildman–Crippen LogP) is 3.35. The first-order valence-corrected chi connectivity index (χ1v) is 6.82. The van der Waals surface area contributed by atoms with Crippen LogP contribution in [-0.4, -0.2) is 22.5 Å². The maximum atomic E-state index is 13.0. The van der Waals surface area contributed by atoms with Gasteiger partial charge in [0.2, 0.25) is 0 Å². The van der Waals surface area contributed by atoms with E-state index in [2.05, 4.69) is 9.97 Å². The van der Waals surface area contributed by atoms with Crippen LogP contribution in [0.2, 0.25) is 5.02 Å². The van der Waals surface area contributed by atoms with Gasteiger partial charge in [0.1, 0.15) is 11.6 Å². The van der Waals surface area contributed by atoms with Crippen LogP contribution in [0.5, 0.6) is 0 Å². The maximum Gasteiger partial charge on any atom is 0.341 e. The van der Waals surface area contributed by atoms with Gasteiger partial charge in [0.25, 0.3) is 0 Å². The lowest BCUT2D eigenvalue weighted by Crippen LogP contribution is -2.10. The molecule has 0 atom stereocenters. The Balaban J connectivity index is 2.22. The van der Waals surface area contributed by atoms with E-state index in [-0.39, 0.29) is 0 Å². The van der Waals surface area contributed by atoms with Crippen molar-refractivity contribution in [3.8, 4) is 0 Å². The highest BCUT2D eigenvalue weighted by Crippen LogP contribution is 2.19. The van der Waals surface area contributed by atoms with Gasteiger partial charge >= 0.3 is 5.97 Å². The van der Waals surface area contributed by atoms with E-state index in [4.69, 9.17) is 16.3 Å². The first-order valence-electron chi connectivity index (χ1n) is 6.44. The molecule has 0 N–H and O–H groups in total. The van der Waals surface area contributed by atoms with Gasteiger partial charge in [0.15, 0.2) is 0 Å². The highest BCUT2D eigenvalue weighted by atomic mass is 35.5. The molecule has 0 unspecified atom stereocenters. The summed E-state index contributed by atoms with van der Waals surface area (Å²) < 4.78 is 17.9. The zero-order valence-electron chi connectivity index (χ0n) is 11.7. The number of carbonyl (C=O) groups is 1. The van der Waals surface area contributed by atoms with Crippen LogP contribution < -0.4 is 0 Å². The Bertz CT molecular complexity index is 677. The Morgan fingerprint density at radius 2 is 2.19 bits per heavy atom. The monoisotopic (exact) mass is 308 g/mol. The lowest BCUT2D eigenvalue weighted by atomic mass is 10.1. The molecule has 4 nitrogen and oxygen atoms in total. The molecule has 0 spiro atoms. The van der Waals surface area contributed by atoms with E-state index in [1.807, 2.05) is 0 Å². The maximum absolute atomic E-state index is 13.0. The second kappa shape index (κ2) is 6.63. The summed E-state index contributed by atoms with van der Waals surface area (Å²) >= 11 is 5.97. The Hall–Kier alpha value is -2.01. The number of hydrogen-bond acceptors (Lipinski definition) is 4. The fraction of sp³-hybridized carbons (Fsp3) is 0.267. The van der Waals surface area contributed by atoms with Gasteiger partial charge in [-0.25, -0.2) is 19.2 Å². The van der Waals surface area contributed by atoms with Gasteiger partial charge < -0.3 is 4.74 Å². The molecule has 2 aromatic rings. The first-order chi connectivity index (χ1) is 10.0. The quantitative estimate of drug-likeness (QED) is 0.813. The number of esters is 1. The third-order valence-electron chi connectivity index (χ3n) is 2.89. The molecule has 0 amide bonds. The predicted molar refractivity (Wildman–Crippen MR) is 76.9 cm³/mol. The van der Waals surface area contributed by atoms with Gasteiger partial charge in [-0.15, -0.1) is 0 Å². The molecule has 1 aromatic heterocycles. The number of rotatable bonds is 4. The van der Waals surface area contributed by atoms with Gasteiger partial charge in [-0.1, -0.05) is 17.7 Å². The highest BCUT2D eigenvalue weighted by Gasteiger charge is 2.13. The Morgan fingerprint density at radius 3 is 2.81 bits per heavy atom. The standard InChI is InChI=1S/C15H14ClFN2O2/c1-3-21-15(20)12-8-18-14(19-9(12)2)6-10-4-5-11(17)7-13(10)16/h4-5,7-8H,3,6H2,1-2H3. The zero-order valence-corrected chi connectivity index (χ0v) is 12.4. The molecule has 2 rings (SSSR count). The second-order valence-electron chi connectivity index (χ2n) is 4.42. The van der Waals surface area contributed by atoms with Crippen molar-refractivity contribution < 1.29 is 13.9 Å². The van der Waals surface area contributed by atoms with Crippen molar-refractivity contribution in [2.75, 3.05) is 6.61 Å². The minimum absolute atomic E-state index is 0.297. The third-order valence-corrected chi connectivity index (χ3v) is 3.24. The first kappa shape index (κ1) is 15.4. The van der Waals surface area contributed by atoms with Crippen LogP contribution >= 0.6 is 11.6 Å². The molecule has 0 saturated heterocycles. The van der Waals surface area contributed by atoms with Crippen LogP contribution in [0.4, 0.5) is 4.39 Å². The van der Waals surface area contributed by atoms with E-state index >= 15 is 0 Å². The van der Waals surface area contributed by atoms with E-state index in [1.165, 1.54) is 18.3 Å². The van der Waals surface area contributed by atoms with Gasteiger partial charge in [-0.3, -0.25) is 0 Å². The Morgan fingerprint density at radius 1 is 1.43 bits per heavy atom. The van der Waals surface area contributed by atoms with E-state index in [9.17, 15) is 9.18 Å². The molecule has 0 bridgehead atoms. The van der Waals surface area contributed by atoms with Crippen LogP contribution in [-0.2, 0) is 11.2 Å². The van der Waals surface area contributed by atoms with Crippen molar-refractivity contribution >= 4 is 17.6 Å². The summed E-state index contributed by atoms with van der Waals surface area (Å²) in [7, 11) is 0. The summed E-state index contributed by atoms with van der Waals surface area (Å²) in [6.07, 6.45) is 1.80. The summed E-state index contributed by atoms with van der Waals surface area (Å²) in [6, 6.07) is 4.17. The molecular weight excluding hydrogens is 295 g/mol. The fourth-order valence-electron chi connectivity index (χ4n) is 1.84. The van der Waals surface area contributed by atoms with Crippen molar-refractivity contribution in [1.29, 1.82) is 0 Å². The smallest absolute Gasteiger partial charge is 0.341 e. The second-order valence-corrected chi connectivity index (χ2v) is 4.83. The number of aromatic nitrogens is 2. The largest absolute Gasteiger partial charge is 0.462 e. The molecule has 0 saturated carbocycles. The minimum Gasteiger partial charge on any atom is -0.462 e. The summed E-state index contributed by atoms with van der Waals surface area (Å²) in [4.78, 5) is 20.1. The summed E-state index contributed by atoms with van der Waals surface area (Å²) in [5.74, 6) is -0.325. The molecular formula is C15H14ClFN2O2. The SMILES string of the molecule is CCOC(=O)c1cnc(Cc2ccc(F)cc2Cl)nc1C.